The Morgan fingerprint density at radius 1 is 1.67 bits per heavy atom. The first-order valence-corrected chi connectivity index (χ1v) is 3.58. The zero-order valence-corrected chi connectivity index (χ0v) is 6.44. The van der Waals surface area contributed by atoms with E-state index in [2.05, 4.69) is 13.0 Å². The Labute approximate surface area is 60.6 Å². The van der Waals surface area contributed by atoms with Gasteiger partial charge in [-0.25, -0.2) is 0 Å². The lowest BCUT2D eigenvalue weighted by molar-refractivity contribution is 0.176. The van der Waals surface area contributed by atoms with Gasteiger partial charge in [0.15, 0.2) is 0 Å². The average Bonchev–Trinajstić information content (AvgIpc) is 1.87. The molecule has 0 radical (unpaired) electrons. The molecule has 3 unspecified atom stereocenters. The van der Waals surface area contributed by atoms with Crippen LogP contribution in [0.1, 0.15) is 20.3 Å². The van der Waals surface area contributed by atoms with E-state index in [1.54, 1.807) is 0 Å². The number of hydrogen-bond acceptors (Lipinski definition) is 1. The molecular weight excluding hydrogens is 134 g/mol. The van der Waals surface area contributed by atoms with Crippen LogP contribution in [0.4, 0.5) is 0 Å². The largest absolute Gasteiger partial charge is 0.196 e. The van der Waals surface area contributed by atoms with Gasteiger partial charge >= 0.3 is 0 Å². The summed E-state index contributed by atoms with van der Waals surface area (Å²) in [6, 6.07) is 2.12. The van der Waals surface area contributed by atoms with E-state index in [1.165, 1.54) is 0 Å². The van der Waals surface area contributed by atoms with Gasteiger partial charge in [-0.05, 0) is 18.3 Å². The summed E-state index contributed by atoms with van der Waals surface area (Å²) in [6.45, 7) is 4.16. The summed E-state index contributed by atoms with van der Waals surface area (Å²) in [4.78, 5) is -0.528. The Balaban J connectivity index is 2.61. The third-order valence-corrected chi connectivity index (χ3v) is 2.96. The van der Waals surface area contributed by atoms with E-state index in [9.17, 15) is 0 Å². The molecule has 0 aliphatic heterocycles. The Morgan fingerprint density at radius 3 is 2.33 bits per heavy atom. The number of nitriles is 1. The van der Waals surface area contributed by atoms with Crippen molar-refractivity contribution in [2.45, 2.75) is 25.1 Å². The summed E-state index contributed by atoms with van der Waals surface area (Å²) in [5, 5.41) is 8.55. The first-order chi connectivity index (χ1) is 4.10. The van der Waals surface area contributed by atoms with E-state index in [0.717, 1.165) is 6.42 Å². The number of alkyl halides is 1. The van der Waals surface area contributed by atoms with Crippen LogP contribution in [0.5, 0.6) is 0 Å². The molecule has 0 spiro atoms. The Kier molecular flexibility index (Phi) is 1.44. The van der Waals surface area contributed by atoms with Crippen LogP contribution in [0.15, 0.2) is 0 Å². The van der Waals surface area contributed by atoms with E-state index in [1.807, 2.05) is 6.92 Å². The molecule has 0 N–H and O–H groups in total. The highest BCUT2D eigenvalue weighted by molar-refractivity contribution is 6.26. The highest BCUT2D eigenvalue weighted by atomic mass is 35.5. The fourth-order valence-electron chi connectivity index (χ4n) is 1.27. The van der Waals surface area contributed by atoms with Gasteiger partial charge in [-0.1, -0.05) is 13.8 Å². The lowest BCUT2D eigenvalue weighted by atomic mass is 9.67. The van der Waals surface area contributed by atoms with Crippen molar-refractivity contribution in [3.05, 3.63) is 0 Å². The van der Waals surface area contributed by atoms with Gasteiger partial charge in [0, 0.05) is 0 Å². The van der Waals surface area contributed by atoms with Crippen LogP contribution < -0.4 is 0 Å². The van der Waals surface area contributed by atoms with Crippen molar-refractivity contribution in [3.63, 3.8) is 0 Å². The van der Waals surface area contributed by atoms with Crippen molar-refractivity contribution >= 4 is 11.6 Å². The van der Waals surface area contributed by atoms with E-state index in [4.69, 9.17) is 16.9 Å². The van der Waals surface area contributed by atoms with Gasteiger partial charge in [0.1, 0.15) is 4.87 Å². The van der Waals surface area contributed by atoms with E-state index in [-0.39, 0.29) is 0 Å². The van der Waals surface area contributed by atoms with E-state index >= 15 is 0 Å². The van der Waals surface area contributed by atoms with Crippen LogP contribution in [-0.4, -0.2) is 4.87 Å². The molecule has 0 bridgehead atoms. The minimum atomic E-state index is -0.528. The Hall–Kier alpha value is -0.220. The zero-order valence-electron chi connectivity index (χ0n) is 5.69. The topological polar surface area (TPSA) is 23.8 Å². The first kappa shape index (κ1) is 6.89. The quantitative estimate of drug-likeness (QED) is 0.477. The average molecular weight is 144 g/mol. The molecule has 1 nitrogen and oxygen atoms in total. The highest BCUT2D eigenvalue weighted by Crippen LogP contribution is 2.47. The van der Waals surface area contributed by atoms with Crippen LogP contribution in [-0.2, 0) is 0 Å². The molecule has 0 aromatic rings. The molecule has 1 fully saturated rings. The van der Waals surface area contributed by atoms with Crippen molar-refractivity contribution in [2.75, 3.05) is 0 Å². The van der Waals surface area contributed by atoms with Crippen molar-refractivity contribution in [2.24, 2.45) is 11.8 Å². The third-order valence-electron chi connectivity index (χ3n) is 2.38. The second kappa shape index (κ2) is 1.88. The fraction of sp³-hybridized carbons (Fsp3) is 0.857. The van der Waals surface area contributed by atoms with Crippen LogP contribution in [0.25, 0.3) is 0 Å². The zero-order chi connectivity index (χ0) is 7.07. The second-order valence-electron chi connectivity index (χ2n) is 2.94. The summed E-state index contributed by atoms with van der Waals surface area (Å²) in [5.74, 6) is 0.992. The summed E-state index contributed by atoms with van der Waals surface area (Å²) in [6.07, 6.45) is 0.853. The summed E-state index contributed by atoms with van der Waals surface area (Å²) < 4.78 is 0. The lowest BCUT2D eigenvalue weighted by Crippen LogP contribution is -2.45. The van der Waals surface area contributed by atoms with Crippen molar-refractivity contribution in [3.8, 4) is 6.07 Å². The molecule has 1 aliphatic carbocycles. The predicted molar refractivity (Wildman–Crippen MR) is 37.1 cm³/mol. The van der Waals surface area contributed by atoms with E-state index in [0.29, 0.717) is 11.8 Å². The predicted octanol–water partition coefficient (Wildman–Crippen LogP) is 2.16. The third kappa shape index (κ3) is 0.822. The van der Waals surface area contributed by atoms with Crippen LogP contribution in [0, 0.1) is 23.2 Å². The lowest BCUT2D eigenvalue weighted by Gasteiger charge is -2.43. The summed E-state index contributed by atoms with van der Waals surface area (Å²) >= 11 is 5.88. The Bertz CT molecular complexity index is 161. The number of hydrogen-bond donors (Lipinski definition) is 0. The SMILES string of the molecule is CC1CC(Cl)(C#N)C1C. The van der Waals surface area contributed by atoms with Gasteiger partial charge in [0.25, 0.3) is 0 Å². The fourth-order valence-corrected chi connectivity index (χ4v) is 1.73. The molecule has 1 rings (SSSR count). The first-order valence-electron chi connectivity index (χ1n) is 3.20. The minimum absolute atomic E-state index is 0.365. The molecule has 50 valence electrons. The molecule has 1 aliphatic rings. The maximum absolute atomic E-state index is 8.55. The highest BCUT2D eigenvalue weighted by Gasteiger charge is 2.48. The van der Waals surface area contributed by atoms with E-state index < -0.39 is 4.87 Å². The van der Waals surface area contributed by atoms with Crippen LogP contribution in [0.2, 0.25) is 0 Å². The van der Waals surface area contributed by atoms with Crippen molar-refractivity contribution in [1.82, 2.24) is 0 Å². The molecule has 0 aromatic carbocycles. The molecule has 2 heteroatoms. The van der Waals surface area contributed by atoms with Gasteiger partial charge in [0.2, 0.25) is 0 Å². The van der Waals surface area contributed by atoms with Gasteiger partial charge in [-0.15, -0.1) is 11.6 Å². The molecule has 0 aromatic heterocycles. The second-order valence-corrected chi connectivity index (χ2v) is 3.62. The van der Waals surface area contributed by atoms with Crippen molar-refractivity contribution < 1.29 is 0 Å². The number of rotatable bonds is 0. The molecule has 0 heterocycles. The molecule has 0 amide bonds. The molecular formula is C7H10ClN. The number of nitrogens with zero attached hydrogens (tertiary/aromatic N) is 1. The maximum Gasteiger partial charge on any atom is 0.134 e. The van der Waals surface area contributed by atoms with Crippen LogP contribution in [0.3, 0.4) is 0 Å². The summed E-state index contributed by atoms with van der Waals surface area (Å²) in [7, 11) is 0. The van der Waals surface area contributed by atoms with Crippen molar-refractivity contribution in [1.29, 1.82) is 5.26 Å². The normalized spacial score (nSPS) is 49.6. The van der Waals surface area contributed by atoms with Gasteiger partial charge in [0.05, 0.1) is 6.07 Å². The molecule has 9 heavy (non-hydrogen) atoms. The monoisotopic (exact) mass is 143 g/mol. The van der Waals surface area contributed by atoms with Gasteiger partial charge in [-0.3, -0.25) is 0 Å². The molecule has 0 saturated heterocycles. The molecule has 1 saturated carbocycles. The maximum atomic E-state index is 8.55. The standard InChI is InChI=1S/C7H10ClN/c1-5-3-7(8,4-9)6(5)2/h5-6H,3H2,1-2H3. The Morgan fingerprint density at radius 2 is 2.22 bits per heavy atom. The van der Waals surface area contributed by atoms with Crippen LogP contribution >= 0.6 is 11.6 Å². The smallest absolute Gasteiger partial charge is 0.134 e. The van der Waals surface area contributed by atoms with Gasteiger partial charge in [-0.2, -0.15) is 5.26 Å². The number of halogens is 1. The van der Waals surface area contributed by atoms with Gasteiger partial charge < -0.3 is 0 Å². The minimum Gasteiger partial charge on any atom is -0.196 e. The summed E-state index contributed by atoms with van der Waals surface area (Å²) in [5.41, 5.74) is 0. The molecule has 3 atom stereocenters.